The van der Waals surface area contributed by atoms with E-state index in [1.165, 1.54) is 0 Å². The summed E-state index contributed by atoms with van der Waals surface area (Å²) in [6.45, 7) is 8.38. The number of aliphatic hydroxyl groups is 1. The van der Waals surface area contributed by atoms with Crippen molar-refractivity contribution in [2.45, 2.75) is 45.9 Å². The van der Waals surface area contributed by atoms with E-state index >= 15 is 0 Å². The molecule has 1 unspecified atom stereocenters. The first-order valence-corrected chi connectivity index (χ1v) is 7.82. The van der Waals surface area contributed by atoms with Crippen molar-refractivity contribution in [3.63, 3.8) is 0 Å². The van der Waals surface area contributed by atoms with E-state index in [0.717, 1.165) is 0 Å². The van der Waals surface area contributed by atoms with Gasteiger partial charge < -0.3 is 20.5 Å². The first kappa shape index (κ1) is 18.7. The van der Waals surface area contributed by atoms with Crippen molar-refractivity contribution >= 4 is 17.5 Å². The van der Waals surface area contributed by atoms with Crippen molar-refractivity contribution in [2.24, 2.45) is 0 Å². The summed E-state index contributed by atoms with van der Waals surface area (Å²) in [5.41, 5.74) is 0.480. The minimum absolute atomic E-state index is 0.0609. The number of hydrogen-bond acceptors (Lipinski definition) is 4. The molecule has 0 radical (unpaired) electrons. The van der Waals surface area contributed by atoms with Gasteiger partial charge in [-0.2, -0.15) is 0 Å². The highest BCUT2D eigenvalue weighted by Gasteiger charge is 2.12. The van der Waals surface area contributed by atoms with E-state index in [1.54, 1.807) is 18.2 Å². The second-order valence-electron chi connectivity index (χ2n) is 5.80. The minimum Gasteiger partial charge on any atom is -0.489 e. The van der Waals surface area contributed by atoms with Gasteiger partial charge in [0.2, 0.25) is 0 Å². The van der Waals surface area contributed by atoms with Gasteiger partial charge in [0, 0.05) is 24.2 Å². The summed E-state index contributed by atoms with van der Waals surface area (Å²) in [5, 5.41) is 16.1. The summed E-state index contributed by atoms with van der Waals surface area (Å²) >= 11 is 6.12. The number of carbonyl (C=O) groups is 1. The van der Waals surface area contributed by atoms with E-state index in [1.807, 2.05) is 27.7 Å². The van der Waals surface area contributed by atoms with Crippen LogP contribution in [0, 0.1) is 0 Å². The Balaban J connectivity index is 2.57. The molecule has 5 nitrogen and oxygen atoms in total. The van der Waals surface area contributed by atoms with Crippen LogP contribution >= 0.6 is 11.6 Å². The molecule has 0 saturated carbocycles. The topological polar surface area (TPSA) is 70.6 Å². The molecule has 0 aromatic heterocycles. The lowest BCUT2D eigenvalue weighted by molar-refractivity contribution is 0.0942. The zero-order chi connectivity index (χ0) is 16.7. The number of halogens is 1. The zero-order valence-corrected chi connectivity index (χ0v) is 14.3. The average molecular weight is 329 g/mol. The molecule has 0 aliphatic carbocycles. The molecule has 0 saturated heterocycles. The van der Waals surface area contributed by atoms with Crippen LogP contribution in [0.15, 0.2) is 18.2 Å². The Morgan fingerprint density at radius 3 is 2.50 bits per heavy atom. The van der Waals surface area contributed by atoms with Crippen LogP contribution in [0.5, 0.6) is 5.75 Å². The maximum atomic E-state index is 11.9. The molecular formula is C16H25ClN2O3. The molecule has 0 heterocycles. The van der Waals surface area contributed by atoms with Gasteiger partial charge in [0.05, 0.1) is 5.02 Å². The molecule has 0 spiro atoms. The highest BCUT2D eigenvalue weighted by atomic mass is 35.5. The standard InChI is InChI=1S/C16H25ClN2O3/c1-10(2)18-8-13(20)9-22-15-6-5-12(7-14(15)17)16(21)19-11(3)4/h5-7,10-11,13,18,20H,8-9H2,1-4H3,(H,19,21). The molecule has 1 atom stereocenters. The quantitative estimate of drug-likeness (QED) is 0.684. The Bertz CT molecular complexity index is 492. The van der Waals surface area contributed by atoms with Crippen LogP contribution in [-0.2, 0) is 0 Å². The van der Waals surface area contributed by atoms with Crippen molar-refractivity contribution in [1.29, 1.82) is 0 Å². The molecule has 1 amide bonds. The van der Waals surface area contributed by atoms with Gasteiger partial charge in [-0.3, -0.25) is 4.79 Å². The van der Waals surface area contributed by atoms with Gasteiger partial charge in [0.1, 0.15) is 18.5 Å². The molecule has 3 N–H and O–H groups in total. The molecule has 124 valence electrons. The Labute approximate surface area is 137 Å². The first-order valence-electron chi connectivity index (χ1n) is 7.44. The van der Waals surface area contributed by atoms with Crippen LogP contribution in [0.3, 0.4) is 0 Å². The number of nitrogens with one attached hydrogen (secondary N) is 2. The smallest absolute Gasteiger partial charge is 0.251 e. The number of carbonyl (C=O) groups excluding carboxylic acids is 1. The van der Waals surface area contributed by atoms with E-state index < -0.39 is 6.10 Å². The van der Waals surface area contributed by atoms with E-state index in [0.29, 0.717) is 28.9 Å². The van der Waals surface area contributed by atoms with Crippen LogP contribution in [0.1, 0.15) is 38.1 Å². The largest absolute Gasteiger partial charge is 0.489 e. The molecule has 0 aliphatic rings. The molecule has 1 aromatic rings. The Morgan fingerprint density at radius 2 is 1.95 bits per heavy atom. The Kier molecular flexibility index (Phi) is 7.65. The lowest BCUT2D eigenvalue weighted by atomic mass is 10.2. The van der Waals surface area contributed by atoms with Gasteiger partial charge in [-0.1, -0.05) is 25.4 Å². The van der Waals surface area contributed by atoms with E-state index in [2.05, 4.69) is 10.6 Å². The molecule has 6 heteroatoms. The summed E-state index contributed by atoms with van der Waals surface area (Å²) in [5.74, 6) is 0.274. The fourth-order valence-corrected chi connectivity index (χ4v) is 1.96. The van der Waals surface area contributed by atoms with Crippen molar-refractivity contribution in [3.05, 3.63) is 28.8 Å². The fourth-order valence-electron chi connectivity index (χ4n) is 1.72. The summed E-state index contributed by atoms with van der Waals surface area (Å²) in [4.78, 5) is 11.9. The third-order valence-electron chi connectivity index (χ3n) is 2.81. The maximum Gasteiger partial charge on any atom is 0.251 e. The second kappa shape index (κ2) is 8.98. The number of benzene rings is 1. The maximum absolute atomic E-state index is 11.9. The van der Waals surface area contributed by atoms with Gasteiger partial charge in [0.25, 0.3) is 5.91 Å². The summed E-state index contributed by atoms with van der Waals surface area (Å²) in [6, 6.07) is 5.22. The number of hydrogen-bond donors (Lipinski definition) is 3. The lowest BCUT2D eigenvalue weighted by Crippen LogP contribution is -2.35. The zero-order valence-electron chi connectivity index (χ0n) is 13.5. The predicted octanol–water partition coefficient (Wildman–Crippen LogP) is 2.22. The van der Waals surface area contributed by atoms with Crippen molar-refractivity contribution in [1.82, 2.24) is 10.6 Å². The third kappa shape index (κ3) is 6.64. The highest BCUT2D eigenvalue weighted by molar-refractivity contribution is 6.32. The summed E-state index contributed by atoms with van der Waals surface area (Å²) in [7, 11) is 0. The van der Waals surface area contributed by atoms with Crippen molar-refractivity contribution in [3.8, 4) is 5.75 Å². The Morgan fingerprint density at radius 1 is 1.27 bits per heavy atom. The molecule has 1 aromatic carbocycles. The highest BCUT2D eigenvalue weighted by Crippen LogP contribution is 2.25. The predicted molar refractivity (Wildman–Crippen MR) is 88.7 cm³/mol. The van der Waals surface area contributed by atoms with Gasteiger partial charge in [-0.15, -0.1) is 0 Å². The molecule has 0 bridgehead atoms. The third-order valence-corrected chi connectivity index (χ3v) is 3.10. The first-order chi connectivity index (χ1) is 10.3. The Hall–Kier alpha value is -1.30. The van der Waals surface area contributed by atoms with Gasteiger partial charge in [-0.05, 0) is 32.0 Å². The molecule has 22 heavy (non-hydrogen) atoms. The van der Waals surface area contributed by atoms with Gasteiger partial charge in [0.15, 0.2) is 0 Å². The summed E-state index contributed by atoms with van der Waals surface area (Å²) < 4.78 is 5.49. The van der Waals surface area contributed by atoms with Crippen LogP contribution in [-0.4, -0.2) is 42.4 Å². The molecular weight excluding hydrogens is 304 g/mol. The minimum atomic E-state index is -0.623. The van der Waals surface area contributed by atoms with E-state index in [4.69, 9.17) is 16.3 Å². The SMILES string of the molecule is CC(C)NCC(O)COc1ccc(C(=O)NC(C)C)cc1Cl. The fraction of sp³-hybridized carbons (Fsp3) is 0.562. The average Bonchev–Trinajstić information content (AvgIpc) is 2.42. The summed E-state index contributed by atoms with van der Waals surface area (Å²) in [6.07, 6.45) is -0.623. The van der Waals surface area contributed by atoms with E-state index in [9.17, 15) is 9.90 Å². The number of amides is 1. The monoisotopic (exact) mass is 328 g/mol. The van der Waals surface area contributed by atoms with Crippen LogP contribution in [0.2, 0.25) is 5.02 Å². The van der Waals surface area contributed by atoms with Crippen LogP contribution in [0.25, 0.3) is 0 Å². The van der Waals surface area contributed by atoms with Crippen molar-refractivity contribution < 1.29 is 14.6 Å². The number of aliphatic hydroxyl groups excluding tert-OH is 1. The number of rotatable bonds is 8. The van der Waals surface area contributed by atoms with Crippen LogP contribution < -0.4 is 15.4 Å². The van der Waals surface area contributed by atoms with E-state index in [-0.39, 0.29) is 18.6 Å². The molecule has 0 fully saturated rings. The molecule has 1 rings (SSSR count). The second-order valence-corrected chi connectivity index (χ2v) is 6.21. The van der Waals surface area contributed by atoms with Crippen LogP contribution in [0.4, 0.5) is 0 Å². The van der Waals surface area contributed by atoms with Gasteiger partial charge in [-0.25, -0.2) is 0 Å². The van der Waals surface area contributed by atoms with Crippen molar-refractivity contribution in [2.75, 3.05) is 13.2 Å². The molecule has 0 aliphatic heterocycles. The van der Waals surface area contributed by atoms with Gasteiger partial charge >= 0.3 is 0 Å². The lowest BCUT2D eigenvalue weighted by Gasteiger charge is -2.16. The normalized spacial score (nSPS) is 12.5. The number of ether oxygens (including phenoxy) is 1.